The maximum absolute atomic E-state index is 12.1. The second kappa shape index (κ2) is 8.98. The van der Waals surface area contributed by atoms with Gasteiger partial charge >= 0.3 is 6.03 Å². The van der Waals surface area contributed by atoms with E-state index in [1.165, 1.54) is 11.1 Å². The SMILES string of the molecule is O=C(CC[C@@H]1NC(=O)NC1=O)NCCC(c1ccccc1)c1ccccc1. The molecule has 2 aromatic rings. The van der Waals surface area contributed by atoms with Gasteiger partial charge in [0.25, 0.3) is 5.91 Å². The number of carbonyl (C=O) groups excluding carboxylic acids is 3. The van der Waals surface area contributed by atoms with Crippen molar-refractivity contribution in [1.29, 1.82) is 0 Å². The fraction of sp³-hybridized carbons (Fsp3) is 0.286. The molecule has 1 fully saturated rings. The zero-order chi connectivity index (χ0) is 19.1. The van der Waals surface area contributed by atoms with Crippen LogP contribution >= 0.6 is 0 Å². The van der Waals surface area contributed by atoms with Gasteiger partial charge < -0.3 is 10.6 Å². The third-order valence-corrected chi connectivity index (χ3v) is 4.68. The van der Waals surface area contributed by atoms with Crippen LogP contribution < -0.4 is 16.0 Å². The fourth-order valence-corrected chi connectivity index (χ4v) is 3.28. The van der Waals surface area contributed by atoms with E-state index in [-0.39, 0.29) is 24.2 Å². The van der Waals surface area contributed by atoms with Gasteiger partial charge in [-0.15, -0.1) is 0 Å². The maximum Gasteiger partial charge on any atom is 0.322 e. The van der Waals surface area contributed by atoms with Crippen molar-refractivity contribution in [2.24, 2.45) is 0 Å². The summed E-state index contributed by atoms with van der Waals surface area (Å²) in [6.07, 6.45) is 1.27. The van der Waals surface area contributed by atoms with E-state index < -0.39 is 12.1 Å². The van der Waals surface area contributed by atoms with Crippen LogP contribution in [0, 0.1) is 0 Å². The minimum Gasteiger partial charge on any atom is -0.356 e. The highest BCUT2D eigenvalue weighted by Crippen LogP contribution is 2.27. The normalized spacial score (nSPS) is 16.1. The Bertz CT molecular complexity index is 753. The molecule has 0 aromatic heterocycles. The minimum atomic E-state index is -0.621. The first-order valence-corrected chi connectivity index (χ1v) is 9.11. The fourth-order valence-electron chi connectivity index (χ4n) is 3.28. The summed E-state index contributed by atoms with van der Waals surface area (Å²) in [5, 5.41) is 7.58. The van der Waals surface area contributed by atoms with Crippen LogP contribution in [-0.4, -0.2) is 30.4 Å². The molecule has 1 aliphatic rings. The Morgan fingerprint density at radius 3 is 2.07 bits per heavy atom. The first-order valence-electron chi connectivity index (χ1n) is 9.11. The number of rotatable bonds is 8. The molecule has 6 heteroatoms. The molecule has 1 aliphatic heterocycles. The number of urea groups is 1. The Morgan fingerprint density at radius 1 is 0.963 bits per heavy atom. The van der Waals surface area contributed by atoms with Crippen molar-refractivity contribution in [1.82, 2.24) is 16.0 Å². The number of amides is 4. The Hall–Kier alpha value is -3.15. The highest BCUT2D eigenvalue weighted by atomic mass is 16.2. The van der Waals surface area contributed by atoms with Crippen LogP contribution in [0.5, 0.6) is 0 Å². The lowest BCUT2D eigenvalue weighted by atomic mass is 9.88. The van der Waals surface area contributed by atoms with E-state index in [1.54, 1.807) is 0 Å². The molecule has 4 amide bonds. The summed E-state index contributed by atoms with van der Waals surface area (Å²) in [4.78, 5) is 34.7. The molecule has 0 aliphatic carbocycles. The summed E-state index contributed by atoms with van der Waals surface area (Å²) in [6.45, 7) is 0.538. The molecule has 1 saturated heterocycles. The van der Waals surface area contributed by atoms with Gasteiger partial charge in [0.2, 0.25) is 5.91 Å². The van der Waals surface area contributed by atoms with E-state index in [1.807, 2.05) is 36.4 Å². The van der Waals surface area contributed by atoms with Crippen molar-refractivity contribution in [3.63, 3.8) is 0 Å². The van der Waals surface area contributed by atoms with E-state index in [0.29, 0.717) is 13.0 Å². The molecule has 6 nitrogen and oxygen atoms in total. The molecule has 3 rings (SSSR count). The largest absolute Gasteiger partial charge is 0.356 e. The summed E-state index contributed by atoms with van der Waals surface area (Å²) in [6, 6.07) is 19.3. The van der Waals surface area contributed by atoms with Gasteiger partial charge in [0.15, 0.2) is 0 Å². The summed E-state index contributed by atoms with van der Waals surface area (Å²) in [7, 11) is 0. The van der Waals surface area contributed by atoms with Gasteiger partial charge in [0.05, 0.1) is 0 Å². The van der Waals surface area contributed by atoms with Gasteiger partial charge in [0, 0.05) is 18.9 Å². The molecule has 0 bridgehead atoms. The van der Waals surface area contributed by atoms with E-state index in [0.717, 1.165) is 6.42 Å². The summed E-state index contributed by atoms with van der Waals surface area (Å²) >= 11 is 0. The highest BCUT2D eigenvalue weighted by Gasteiger charge is 2.29. The van der Waals surface area contributed by atoms with E-state index in [9.17, 15) is 14.4 Å². The topological polar surface area (TPSA) is 87.3 Å². The van der Waals surface area contributed by atoms with Crippen molar-refractivity contribution < 1.29 is 14.4 Å². The lowest BCUT2D eigenvalue weighted by Crippen LogP contribution is -2.32. The Labute approximate surface area is 158 Å². The third kappa shape index (κ3) is 5.17. The quantitative estimate of drug-likeness (QED) is 0.628. The predicted molar refractivity (Wildman–Crippen MR) is 102 cm³/mol. The number of hydrogen-bond donors (Lipinski definition) is 3. The van der Waals surface area contributed by atoms with Crippen LogP contribution in [-0.2, 0) is 9.59 Å². The van der Waals surface area contributed by atoms with Crippen molar-refractivity contribution in [3.8, 4) is 0 Å². The standard InChI is InChI=1S/C21H23N3O3/c25-19(12-11-18-20(26)24-21(27)23-18)22-14-13-17(15-7-3-1-4-8-15)16-9-5-2-6-10-16/h1-10,17-18H,11-14H2,(H,22,25)(H2,23,24,26,27)/t18-/m0/s1. The van der Waals surface area contributed by atoms with E-state index >= 15 is 0 Å². The number of benzene rings is 2. The molecular formula is C21H23N3O3. The Balaban J connectivity index is 1.51. The van der Waals surface area contributed by atoms with Crippen molar-refractivity contribution >= 4 is 17.8 Å². The van der Waals surface area contributed by atoms with Crippen molar-refractivity contribution in [3.05, 3.63) is 71.8 Å². The summed E-state index contributed by atoms with van der Waals surface area (Å²) in [5.41, 5.74) is 2.42. The second-order valence-corrected chi connectivity index (χ2v) is 6.57. The number of nitrogens with one attached hydrogen (secondary N) is 3. The molecule has 27 heavy (non-hydrogen) atoms. The van der Waals surface area contributed by atoms with Crippen LogP contribution in [0.4, 0.5) is 4.79 Å². The molecule has 0 saturated carbocycles. The highest BCUT2D eigenvalue weighted by molar-refractivity contribution is 6.04. The maximum atomic E-state index is 12.1. The first kappa shape index (κ1) is 18.6. The Morgan fingerprint density at radius 2 is 1.56 bits per heavy atom. The third-order valence-electron chi connectivity index (χ3n) is 4.68. The van der Waals surface area contributed by atoms with Gasteiger partial charge in [-0.2, -0.15) is 0 Å². The average molecular weight is 365 g/mol. The van der Waals surface area contributed by atoms with E-state index in [4.69, 9.17) is 0 Å². The van der Waals surface area contributed by atoms with Crippen molar-refractivity contribution in [2.75, 3.05) is 6.54 Å². The number of imide groups is 1. The molecule has 2 aromatic carbocycles. The predicted octanol–water partition coefficient (Wildman–Crippen LogP) is 2.31. The molecule has 0 unspecified atom stereocenters. The van der Waals surface area contributed by atoms with Crippen LogP contribution in [0.1, 0.15) is 36.3 Å². The minimum absolute atomic E-state index is 0.121. The molecule has 1 heterocycles. The zero-order valence-electron chi connectivity index (χ0n) is 15.0. The lowest BCUT2D eigenvalue weighted by Gasteiger charge is -2.18. The Kier molecular flexibility index (Phi) is 6.20. The van der Waals surface area contributed by atoms with Gasteiger partial charge in [-0.1, -0.05) is 60.7 Å². The molecular weight excluding hydrogens is 342 g/mol. The van der Waals surface area contributed by atoms with Crippen molar-refractivity contribution in [2.45, 2.75) is 31.2 Å². The smallest absolute Gasteiger partial charge is 0.322 e. The summed E-state index contributed by atoms with van der Waals surface area (Å²) < 4.78 is 0. The molecule has 140 valence electrons. The van der Waals surface area contributed by atoms with Gasteiger partial charge in [-0.05, 0) is 24.0 Å². The monoisotopic (exact) mass is 365 g/mol. The van der Waals surface area contributed by atoms with Crippen LogP contribution in [0.25, 0.3) is 0 Å². The van der Waals surface area contributed by atoms with Gasteiger partial charge in [-0.25, -0.2) is 4.79 Å². The molecule has 0 spiro atoms. The van der Waals surface area contributed by atoms with Gasteiger partial charge in [0.1, 0.15) is 6.04 Å². The van der Waals surface area contributed by atoms with Crippen LogP contribution in [0.15, 0.2) is 60.7 Å². The molecule has 3 N–H and O–H groups in total. The zero-order valence-corrected chi connectivity index (χ0v) is 15.0. The molecule has 0 radical (unpaired) electrons. The number of carbonyl (C=O) groups is 3. The van der Waals surface area contributed by atoms with Crippen LogP contribution in [0.2, 0.25) is 0 Å². The lowest BCUT2D eigenvalue weighted by molar-refractivity contribution is -0.122. The number of hydrogen-bond acceptors (Lipinski definition) is 3. The van der Waals surface area contributed by atoms with E-state index in [2.05, 4.69) is 40.2 Å². The van der Waals surface area contributed by atoms with Crippen LogP contribution in [0.3, 0.4) is 0 Å². The average Bonchev–Trinajstić information content (AvgIpc) is 3.02. The first-order chi connectivity index (χ1) is 13.1. The molecule has 1 atom stereocenters. The van der Waals surface area contributed by atoms with Gasteiger partial charge in [-0.3, -0.25) is 14.9 Å². The summed E-state index contributed by atoms with van der Waals surface area (Å²) in [5.74, 6) is -0.294. The second-order valence-electron chi connectivity index (χ2n) is 6.57.